The Morgan fingerprint density at radius 2 is 1.90 bits per heavy atom. The monoisotopic (exact) mass is 272 g/mol. The summed E-state index contributed by atoms with van der Waals surface area (Å²) in [6.45, 7) is 2.97. The van der Waals surface area contributed by atoms with Crippen LogP contribution < -0.4 is 5.73 Å². The van der Waals surface area contributed by atoms with E-state index in [1.54, 1.807) is 4.90 Å². The van der Waals surface area contributed by atoms with Crippen molar-refractivity contribution in [2.45, 2.75) is 13.5 Å². The summed E-state index contributed by atoms with van der Waals surface area (Å²) < 4.78 is 12.9. The molecule has 4 heteroatoms. The molecule has 2 N–H and O–H groups in total. The molecule has 104 valence electrons. The van der Waals surface area contributed by atoms with Crippen molar-refractivity contribution in [3.63, 3.8) is 0 Å². The third-order valence-electron chi connectivity index (χ3n) is 3.08. The maximum absolute atomic E-state index is 12.9. The van der Waals surface area contributed by atoms with Gasteiger partial charge in [-0.2, -0.15) is 0 Å². The molecule has 0 aliphatic rings. The van der Waals surface area contributed by atoms with Gasteiger partial charge in [-0.25, -0.2) is 4.39 Å². The number of carbonyl (C=O) groups excluding carboxylic acids is 1. The Hall–Kier alpha value is -2.36. The number of halogens is 1. The topological polar surface area (TPSA) is 46.3 Å². The standard InChI is InChI=1S/C16H17FN2O/c1-2-19(11-12-4-3-5-15(18)10-12)16(20)13-6-8-14(17)9-7-13/h3-10H,2,11,18H2,1H3. The molecule has 3 nitrogen and oxygen atoms in total. The molecular weight excluding hydrogens is 255 g/mol. The first-order valence-electron chi connectivity index (χ1n) is 6.49. The second-order valence-corrected chi connectivity index (χ2v) is 4.57. The van der Waals surface area contributed by atoms with E-state index in [2.05, 4.69) is 0 Å². The number of nitrogens with zero attached hydrogens (tertiary/aromatic N) is 1. The smallest absolute Gasteiger partial charge is 0.254 e. The van der Waals surface area contributed by atoms with Gasteiger partial charge in [-0.3, -0.25) is 4.79 Å². The van der Waals surface area contributed by atoms with E-state index in [0.717, 1.165) is 5.56 Å². The van der Waals surface area contributed by atoms with Gasteiger partial charge in [0.1, 0.15) is 5.82 Å². The Bertz CT molecular complexity index is 596. The maximum Gasteiger partial charge on any atom is 0.254 e. The summed E-state index contributed by atoms with van der Waals surface area (Å²) in [5, 5.41) is 0. The van der Waals surface area contributed by atoms with Crippen LogP contribution in [0.15, 0.2) is 48.5 Å². The van der Waals surface area contributed by atoms with E-state index in [-0.39, 0.29) is 11.7 Å². The molecule has 20 heavy (non-hydrogen) atoms. The van der Waals surface area contributed by atoms with Crippen LogP contribution in [0, 0.1) is 5.82 Å². The lowest BCUT2D eigenvalue weighted by atomic mass is 10.1. The van der Waals surface area contributed by atoms with E-state index in [4.69, 9.17) is 5.73 Å². The van der Waals surface area contributed by atoms with E-state index in [1.165, 1.54) is 24.3 Å². The van der Waals surface area contributed by atoms with Gasteiger partial charge in [-0.1, -0.05) is 12.1 Å². The second kappa shape index (κ2) is 6.19. The first kappa shape index (κ1) is 14.1. The lowest BCUT2D eigenvalue weighted by Gasteiger charge is -2.21. The first-order valence-corrected chi connectivity index (χ1v) is 6.49. The normalized spacial score (nSPS) is 10.3. The first-order chi connectivity index (χ1) is 9.60. The average molecular weight is 272 g/mol. The number of nitrogen functional groups attached to an aromatic ring is 1. The molecular formula is C16H17FN2O. The van der Waals surface area contributed by atoms with Crippen LogP contribution in [0.3, 0.4) is 0 Å². The largest absolute Gasteiger partial charge is 0.399 e. The van der Waals surface area contributed by atoms with Crippen LogP contribution in [0.1, 0.15) is 22.8 Å². The van der Waals surface area contributed by atoms with E-state index >= 15 is 0 Å². The van der Waals surface area contributed by atoms with Crippen molar-refractivity contribution in [1.82, 2.24) is 4.90 Å². The number of benzene rings is 2. The Kier molecular flexibility index (Phi) is 4.35. The van der Waals surface area contributed by atoms with Gasteiger partial charge in [0.05, 0.1) is 0 Å². The van der Waals surface area contributed by atoms with Crippen molar-refractivity contribution < 1.29 is 9.18 Å². The third kappa shape index (κ3) is 3.35. The fraction of sp³-hybridized carbons (Fsp3) is 0.188. The van der Waals surface area contributed by atoms with Crippen LogP contribution in [0.5, 0.6) is 0 Å². The number of amides is 1. The average Bonchev–Trinajstić information content (AvgIpc) is 2.45. The molecule has 0 spiro atoms. The molecule has 2 aromatic carbocycles. The molecule has 0 heterocycles. The fourth-order valence-corrected chi connectivity index (χ4v) is 2.01. The van der Waals surface area contributed by atoms with E-state index in [0.29, 0.717) is 24.3 Å². The molecule has 0 saturated heterocycles. The lowest BCUT2D eigenvalue weighted by molar-refractivity contribution is 0.0752. The number of nitrogens with two attached hydrogens (primary N) is 1. The van der Waals surface area contributed by atoms with Crippen molar-refractivity contribution in [3.05, 3.63) is 65.5 Å². The van der Waals surface area contributed by atoms with Crippen molar-refractivity contribution in [2.24, 2.45) is 0 Å². The summed E-state index contributed by atoms with van der Waals surface area (Å²) in [5.41, 5.74) is 7.87. The van der Waals surface area contributed by atoms with E-state index in [1.807, 2.05) is 31.2 Å². The molecule has 0 radical (unpaired) electrons. The highest BCUT2D eigenvalue weighted by Crippen LogP contribution is 2.13. The predicted octanol–water partition coefficient (Wildman–Crippen LogP) is 3.07. The molecule has 1 amide bonds. The van der Waals surface area contributed by atoms with Gasteiger partial charge < -0.3 is 10.6 Å². The van der Waals surface area contributed by atoms with Crippen molar-refractivity contribution >= 4 is 11.6 Å². The van der Waals surface area contributed by atoms with Crippen molar-refractivity contribution in [3.8, 4) is 0 Å². The zero-order chi connectivity index (χ0) is 14.5. The minimum Gasteiger partial charge on any atom is -0.399 e. The summed E-state index contributed by atoms with van der Waals surface area (Å²) in [7, 11) is 0. The Morgan fingerprint density at radius 3 is 2.50 bits per heavy atom. The molecule has 0 fully saturated rings. The van der Waals surface area contributed by atoms with Gasteiger partial charge in [0, 0.05) is 24.3 Å². The summed E-state index contributed by atoms with van der Waals surface area (Å²) in [6, 6.07) is 13.0. The molecule has 0 atom stereocenters. The summed E-state index contributed by atoms with van der Waals surface area (Å²) in [4.78, 5) is 14.0. The minimum atomic E-state index is -0.347. The molecule has 0 bridgehead atoms. The summed E-state index contributed by atoms with van der Waals surface area (Å²) >= 11 is 0. The van der Waals surface area contributed by atoms with Crippen LogP contribution in [0.4, 0.5) is 10.1 Å². The number of rotatable bonds is 4. The molecule has 0 aromatic heterocycles. The molecule has 2 rings (SSSR count). The predicted molar refractivity (Wildman–Crippen MR) is 77.7 cm³/mol. The molecule has 0 saturated carbocycles. The molecule has 0 unspecified atom stereocenters. The molecule has 0 aliphatic heterocycles. The van der Waals surface area contributed by atoms with Crippen molar-refractivity contribution in [2.75, 3.05) is 12.3 Å². The minimum absolute atomic E-state index is 0.116. The van der Waals surface area contributed by atoms with Gasteiger partial charge in [0.25, 0.3) is 5.91 Å². The zero-order valence-electron chi connectivity index (χ0n) is 11.3. The zero-order valence-corrected chi connectivity index (χ0v) is 11.3. The Balaban J connectivity index is 2.15. The van der Waals surface area contributed by atoms with Gasteiger partial charge in [-0.15, -0.1) is 0 Å². The van der Waals surface area contributed by atoms with Gasteiger partial charge in [0.15, 0.2) is 0 Å². The van der Waals surface area contributed by atoms with Crippen LogP contribution in [-0.2, 0) is 6.54 Å². The Morgan fingerprint density at radius 1 is 1.20 bits per heavy atom. The summed E-state index contributed by atoms with van der Waals surface area (Å²) in [5.74, 6) is -0.463. The molecule has 2 aromatic rings. The quantitative estimate of drug-likeness (QED) is 0.869. The van der Waals surface area contributed by atoms with Crippen molar-refractivity contribution in [1.29, 1.82) is 0 Å². The SMILES string of the molecule is CCN(Cc1cccc(N)c1)C(=O)c1ccc(F)cc1. The van der Waals surface area contributed by atoms with Gasteiger partial charge in [-0.05, 0) is 48.9 Å². The maximum atomic E-state index is 12.9. The lowest BCUT2D eigenvalue weighted by Crippen LogP contribution is -2.30. The number of hydrogen-bond acceptors (Lipinski definition) is 2. The molecule has 0 aliphatic carbocycles. The third-order valence-corrected chi connectivity index (χ3v) is 3.08. The van der Waals surface area contributed by atoms with Gasteiger partial charge >= 0.3 is 0 Å². The highest BCUT2D eigenvalue weighted by molar-refractivity contribution is 5.94. The highest BCUT2D eigenvalue weighted by atomic mass is 19.1. The number of hydrogen-bond donors (Lipinski definition) is 1. The van der Waals surface area contributed by atoms with Crippen LogP contribution in [0.25, 0.3) is 0 Å². The van der Waals surface area contributed by atoms with Crippen LogP contribution in [-0.4, -0.2) is 17.4 Å². The van der Waals surface area contributed by atoms with Crippen LogP contribution in [0.2, 0.25) is 0 Å². The van der Waals surface area contributed by atoms with E-state index in [9.17, 15) is 9.18 Å². The summed E-state index contributed by atoms with van der Waals surface area (Å²) in [6.07, 6.45) is 0. The van der Waals surface area contributed by atoms with E-state index < -0.39 is 0 Å². The van der Waals surface area contributed by atoms with Gasteiger partial charge in [0.2, 0.25) is 0 Å². The Labute approximate surface area is 117 Å². The number of anilines is 1. The van der Waals surface area contributed by atoms with Crippen LogP contribution >= 0.6 is 0 Å². The highest BCUT2D eigenvalue weighted by Gasteiger charge is 2.14. The fourth-order valence-electron chi connectivity index (χ4n) is 2.01. The second-order valence-electron chi connectivity index (χ2n) is 4.57. The number of carbonyl (C=O) groups is 1.